The lowest BCUT2D eigenvalue weighted by Crippen LogP contribution is -2.35. The third kappa shape index (κ3) is 4.56. The maximum atomic E-state index is 9.12. The van der Waals surface area contributed by atoms with E-state index in [2.05, 4.69) is 55.3 Å². The van der Waals surface area contributed by atoms with Gasteiger partial charge < -0.3 is 9.84 Å². The van der Waals surface area contributed by atoms with Gasteiger partial charge in [-0.3, -0.25) is 5.01 Å². The second-order valence-corrected chi connectivity index (χ2v) is 8.68. The molecule has 4 heteroatoms. The standard InChI is InChI=1S/C24H34N2O2/c1-18(13-15-27)11-12-22-20-9-5-6-10-21(20)23(16-24(22,2)3)25-26-14-7-8-19(26)17-28-4/h5-6,9-13,19,22,27H,7-8,14-17H2,1-4H3. The highest BCUT2D eigenvalue weighted by Crippen LogP contribution is 2.46. The molecular weight excluding hydrogens is 348 g/mol. The highest BCUT2D eigenvalue weighted by molar-refractivity contribution is 6.03. The number of nitrogens with zero attached hydrogens (tertiary/aromatic N) is 2. The van der Waals surface area contributed by atoms with E-state index in [9.17, 15) is 0 Å². The molecule has 2 unspecified atom stereocenters. The van der Waals surface area contributed by atoms with Crippen LogP contribution in [0.3, 0.4) is 0 Å². The van der Waals surface area contributed by atoms with Gasteiger partial charge in [0.15, 0.2) is 0 Å². The van der Waals surface area contributed by atoms with Crippen molar-refractivity contribution in [2.24, 2.45) is 10.5 Å². The lowest BCUT2D eigenvalue weighted by molar-refractivity contribution is 0.117. The number of aliphatic hydroxyl groups excluding tert-OH is 1. The summed E-state index contributed by atoms with van der Waals surface area (Å²) in [4.78, 5) is 0. The fraction of sp³-hybridized carbons (Fsp3) is 0.542. The van der Waals surface area contributed by atoms with E-state index in [1.807, 2.05) is 13.0 Å². The first-order valence-electron chi connectivity index (χ1n) is 10.3. The average Bonchev–Trinajstić information content (AvgIpc) is 3.08. The molecule has 0 aromatic heterocycles. The van der Waals surface area contributed by atoms with Gasteiger partial charge in [0.1, 0.15) is 0 Å². The number of hydrogen-bond donors (Lipinski definition) is 1. The van der Waals surface area contributed by atoms with Gasteiger partial charge in [-0.1, -0.05) is 61.9 Å². The van der Waals surface area contributed by atoms with Crippen LogP contribution in [0.4, 0.5) is 0 Å². The minimum absolute atomic E-state index is 0.0691. The number of allylic oxidation sites excluding steroid dienone is 3. The lowest BCUT2D eigenvalue weighted by Gasteiger charge is -2.40. The van der Waals surface area contributed by atoms with E-state index >= 15 is 0 Å². The normalized spacial score (nSPS) is 26.2. The molecule has 1 fully saturated rings. The summed E-state index contributed by atoms with van der Waals surface area (Å²) >= 11 is 0. The first kappa shape index (κ1) is 20.8. The smallest absolute Gasteiger partial charge is 0.0704 e. The molecule has 1 heterocycles. The van der Waals surface area contributed by atoms with Crippen molar-refractivity contribution in [2.75, 3.05) is 26.9 Å². The molecule has 0 bridgehead atoms. The minimum atomic E-state index is 0.0691. The van der Waals surface area contributed by atoms with Crippen LogP contribution < -0.4 is 0 Å². The van der Waals surface area contributed by atoms with Gasteiger partial charge in [-0.2, -0.15) is 5.10 Å². The fourth-order valence-electron chi connectivity index (χ4n) is 4.47. The van der Waals surface area contributed by atoms with Crippen molar-refractivity contribution in [3.8, 4) is 0 Å². The zero-order valence-corrected chi connectivity index (χ0v) is 17.7. The summed E-state index contributed by atoms with van der Waals surface area (Å²) in [6.45, 7) is 8.52. The van der Waals surface area contributed by atoms with Gasteiger partial charge in [0, 0.05) is 25.1 Å². The fourth-order valence-corrected chi connectivity index (χ4v) is 4.47. The molecule has 0 saturated carbocycles. The highest BCUT2D eigenvalue weighted by atomic mass is 16.5. The molecule has 1 aromatic carbocycles. The largest absolute Gasteiger partial charge is 0.392 e. The number of ether oxygens (including phenoxy) is 1. The van der Waals surface area contributed by atoms with Crippen molar-refractivity contribution in [1.82, 2.24) is 5.01 Å². The Morgan fingerprint density at radius 2 is 2.14 bits per heavy atom. The van der Waals surface area contributed by atoms with Crippen LogP contribution in [0.25, 0.3) is 0 Å². The lowest BCUT2D eigenvalue weighted by atomic mass is 9.65. The molecular formula is C24H34N2O2. The number of rotatable bonds is 6. The number of hydrazone groups is 1. The maximum absolute atomic E-state index is 9.12. The van der Waals surface area contributed by atoms with Crippen molar-refractivity contribution in [2.45, 2.75) is 52.0 Å². The Balaban J connectivity index is 1.96. The maximum Gasteiger partial charge on any atom is 0.0704 e. The summed E-state index contributed by atoms with van der Waals surface area (Å²) in [7, 11) is 1.77. The van der Waals surface area contributed by atoms with Crippen molar-refractivity contribution in [1.29, 1.82) is 0 Å². The summed E-state index contributed by atoms with van der Waals surface area (Å²) in [5, 5.41) is 16.5. The predicted octanol–water partition coefficient (Wildman–Crippen LogP) is 4.51. The van der Waals surface area contributed by atoms with Crippen molar-refractivity contribution < 1.29 is 9.84 Å². The van der Waals surface area contributed by atoms with Gasteiger partial charge in [0.25, 0.3) is 0 Å². The number of methoxy groups -OCH3 is 1. The van der Waals surface area contributed by atoms with Crippen molar-refractivity contribution >= 4 is 5.71 Å². The van der Waals surface area contributed by atoms with Crippen LogP contribution in [0.5, 0.6) is 0 Å². The molecule has 4 nitrogen and oxygen atoms in total. The molecule has 0 radical (unpaired) electrons. The van der Waals surface area contributed by atoms with Crippen LogP contribution in [0.15, 0.2) is 53.2 Å². The van der Waals surface area contributed by atoms with E-state index in [0.717, 1.165) is 31.6 Å². The van der Waals surface area contributed by atoms with E-state index in [1.54, 1.807) is 7.11 Å². The second kappa shape index (κ2) is 9.06. The van der Waals surface area contributed by atoms with E-state index in [4.69, 9.17) is 14.9 Å². The average molecular weight is 383 g/mol. The van der Waals surface area contributed by atoms with Gasteiger partial charge in [-0.15, -0.1) is 0 Å². The quantitative estimate of drug-likeness (QED) is 0.736. The Kier molecular flexibility index (Phi) is 6.73. The van der Waals surface area contributed by atoms with Gasteiger partial charge in [-0.25, -0.2) is 0 Å². The van der Waals surface area contributed by atoms with E-state index in [-0.39, 0.29) is 12.0 Å². The molecule has 1 saturated heterocycles. The SMILES string of the molecule is COCC1CCCN1N=C1CC(C)(C)C(C=CC(C)=CCO)c2ccccc21. The molecule has 1 aliphatic heterocycles. The first-order valence-corrected chi connectivity index (χ1v) is 10.3. The van der Waals surface area contributed by atoms with E-state index in [1.165, 1.54) is 23.3 Å². The Labute approximate surface area is 169 Å². The predicted molar refractivity (Wildman–Crippen MR) is 116 cm³/mol. The van der Waals surface area contributed by atoms with Crippen LogP contribution in [-0.4, -0.2) is 48.7 Å². The summed E-state index contributed by atoms with van der Waals surface area (Å²) in [6, 6.07) is 9.07. The molecule has 0 spiro atoms. The number of hydrogen-bond acceptors (Lipinski definition) is 4. The van der Waals surface area contributed by atoms with Gasteiger partial charge >= 0.3 is 0 Å². The molecule has 3 rings (SSSR count). The zero-order chi connectivity index (χ0) is 20.1. The van der Waals surface area contributed by atoms with Crippen molar-refractivity contribution in [3.05, 3.63) is 59.2 Å². The molecule has 0 amide bonds. The number of fused-ring (bicyclic) bond motifs is 1. The van der Waals surface area contributed by atoms with E-state index in [0.29, 0.717) is 12.0 Å². The minimum Gasteiger partial charge on any atom is -0.392 e. The Morgan fingerprint density at radius 1 is 1.36 bits per heavy atom. The second-order valence-electron chi connectivity index (χ2n) is 8.68. The third-order valence-electron chi connectivity index (χ3n) is 5.99. The van der Waals surface area contributed by atoms with Gasteiger partial charge in [-0.05, 0) is 37.2 Å². The van der Waals surface area contributed by atoms with Crippen LogP contribution in [0, 0.1) is 5.41 Å². The van der Waals surface area contributed by atoms with Crippen molar-refractivity contribution in [3.63, 3.8) is 0 Å². The number of aliphatic hydroxyl groups is 1. The highest BCUT2D eigenvalue weighted by Gasteiger charge is 2.38. The Hall–Kier alpha value is -1.91. The molecule has 1 aliphatic carbocycles. The van der Waals surface area contributed by atoms with Crippen LogP contribution in [-0.2, 0) is 4.74 Å². The van der Waals surface area contributed by atoms with E-state index < -0.39 is 0 Å². The summed E-state index contributed by atoms with van der Waals surface area (Å²) in [5.74, 6) is 0.318. The monoisotopic (exact) mass is 382 g/mol. The van der Waals surface area contributed by atoms with Crippen LogP contribution in [0.2, 0.25) is 0 Å². The Bertz CT molecular complexity index is 764. The third-order valence-corrected chi connectivity index (χ3v) is 5.99. The Morgan fingerprint density at radius 3 is 2.89 bits per heavy atom. The molecule has 2 atom stereocenters. The zero-order valence-electron chi connectivity index (χ0n) is 17.7. The first-order chi connectivity index (χ1) is 13.5. The summed E-state index contributed by atoms with van der Waals surface area (Å²) < 4.78 is 5.40. The van der Waals surface area contributed by atoms with Crippen LogP contribution in [0.1, 0.15) is 57.1 Å². The summed E-state index contributed by atoms with van der Waals surface area (Å²) in [5.41, 5.74) is 4.96. The van der Waals surface area contributed by atoms with Gasteiger partial charge in [0.05, 0.1) is 25.0 Å². The molecule has 28 heavy (non-hydrogen) atoms. The molecule has 1 aromatic rings. The number of benzene rings is 1. The topological polar surface area (TPSA) is 45.1 Å². The molecule has 152 valence electrons. The molecule has 1 N–H and O–H groups in total. The van der Waals surface area contributed by atoms with Gasteiger partial charge in [0.2, 0.25) is 0 Å². The molecule has 2 aliphatic rings. The summed E-state index contributed by atoms with van der Waals surface area (Å²) in [6.07, 6.45) is 9.54. The van der Waals surface area contributed by atoms with Crippen LogP contribution >= 0.6 is 0 Å².